The number of para-hydroxylation sites is 1. The van der Waals surface area contributed by atoms with Crippen LogP contribution in [0.5, 0.6) is 0 Å². The zero-order valence-corrected chi connectivity index (χ0v) is 17.3. The second kappa shape index (κ2) is 6.99. The van der Waals surface area contributed by atoms with E-state index in [-0.39, 0.29) is 23.6 Å². The summed E-state index contributed by atoms with van der Waals surface area (Å²) in [6, 6.07) is 19.9. The van der Waals surface area contributed by atoms with Crippen molar-refractivity contribution in [3.63, 3.8) is 0 Å². The first kappa shape index (κ1) is 19.9. The molecule has 5 nitrogen and oxygen atoms in total. The number of carbonyl (C=O) groups is 3. The molecule has 158 valence electrons. The van der Waals surface area contributed by atoms with E-state index in [1.165, 1.54) is 24.0 Å². The van der Waals surface area contributed by atoms with Crippen LogP contribution in [0.1, 0.15) is 34.0 Å². The first-order valence-electron chi connectivity index (χ1n) is 10.2. The van der Waals surface area contributed by atoms with Gasteiger partial charge >= 0.3 is 0 Å². The van der Waals surface area contributed by atoms with Crippen LogP contribution in [-0.2, 0) is 21.7 Å². The summed E-state index contributed by atoms with van der Waals surface area (Å²) >= 11 is 0. The van der Waals surface area contributed by atoms with Crippen LogP contribution >= 0.6 is 0 Å². The van der Waals surface area contributed by atoms with Gasteiger partial charge in [-0.25, -0.2) is 4.39 Å². The fourth-order valence-corrected chi connectivity index (χ4v) is 4.81. The van der Waals surface area contributed by atoms with Gasteiger partial charge in [0.05, 0.1) is 12.2 Å². The second-order valence-electron chi connectivity index (χ2n) is 7.93. The topological polar surface area (TPSA) is 57.7 Å². The lowest BCUT2D eigenvalue weighted by Gasteiger charge is -2.45. The SMILES string of the molecule is C=C1c2ccccc2N(C(C)=O)C12C(=O)N(Cc1ccccc1)C(=O)c1cc(F)ccc12. The van der Waals surface area contributed by atoms with E-state index in [2.05, 4.69) is 6.58 Å². The predicted octanol–water partition coefficient (Wildman–Crippen LogP) is 4.28. The van der Waals surface area contributed by atoms with E-state index in [9.17, 15) is 18.8 Å². The van der Waals surface area contributed by atoms with Gasteiger partial charge in [-0.3, -0.25) is 24.2 Å². The van der Waals surface area contributed by atoms with E-state index in [1.807, 2.05) is 18.2 Å². The van der Waals surface area contributed by atoms with E-state index in [0.717, 1.165) is 16.5 Å². The number of rotatable bonds is 2. The molecule has 2 aliphatic heterocycles. The fourth-order valence-electron chi connectivity index (χ4n) is 4.81. The summed E-state index contributed by atoms with van der Waals surface area (Å²) in [6.07, 6.45) is 0. The first-order chi connectivity index (χ1) is 15.4. The standard InChI is InChI=1S/C26H19FN2O3/c1-16-20-10-6-7-11-23(20)29(17(2)30)26(16)22-13-12-19(27)14-21(22)24(31)28(25(26)32)15-18-8-4-3-5-9-18/h3-14H,1,15H2,2H3. The number of imide groups is 1. The number of nitrogens with zero attached hydrogens (tertiary/aromatic N) is 2. The van der Waals surface area contributed by atoms with Crippen LogP contribution in [0, 0.1) is 5.82 Å². The molecule has 3 aromatic rings. The van der Waals surface area contributed by atoms with Crippen molar-refractivity contribution in [1.29, 1.82) is 0 Å². The molecular formula is C26H19FN2O3. The molecule has 0 saturated heterocycles. The second-order valence-corrected chi connectivity index (χ2v) is 7.93. The largest absolute Gasteiger partial charge is 0.288 e. The van der Waals surface area contributed by atoms with Gasteiger partial charge in [-0.05, 0) is 29.3 Å². The van der Waals surface area contributed by atoms with E-state index in [0.29, 0.717) is 16.8 Å². The summed E-state index contributed by atoms with van der Waals surface area (Å²) in [4.78, 5) is 43.0. The van der Waals surface area contributed by atoms with Gasteiger partial charge in [0.15, 0.2) is 5.54 Å². The Morgan fingerprint density at radius 1 is 0.969 bits per heavy atom. The molecule has 1 unspecified atom stereocenters. The lowest BCUT2D eigenvalue weighted by atomic mass is 9.75. The van der Waals surface area contributed by atoms with E-state index >= 15 is 0 Å². The van der Waals surface area contributed by atoms with Gasteiger partial charge in [-0.15, -0.1) is 0 Å². The average molecular weight is 426 g/mol. The summed E-state index contributed by atoms with van der Waals surface area (Å²) in [6.45, 7) is 5.56. The minimum Gasteiger partial charge on any atom is -0.288 e. The lowest BCUT2D eigenvalue weighted by Crippen LogP contribution is -2.61. The van der Waals surface area contributed by atoms with Gasteiger partial charge < -0.3 is 0 Å². The number of hydrogen-bond acceptors (Lipinski definition) is 3. The van der Waals surface area contributed by atoms with E-state index < -0.39 is 23.2 Å². The zero-order valence-electron chi connectivity index (χ0n) is 17.3. The van der Waals surface area contributed by atoms with Crippen molar-refractivity contribution in [2.45, 2.75) is 19.0 Å². The molecule has 6 heteroatoms. The van der Waals surface area contributed by atoms with Crippen LogP contribution in [0.2, 0.25) is 0 Å². The van der Waals surface area contributed by atoms with E-state index in [4.69, 9.17) is 0 Å². The Hall–Kier alpha value is -4.06. The van der Waals surface area contributed by atoms with Crippen molar-refractivity contribution < 1.29 is 18.8 Å². The highest BCUT2D eigenvalue weighted by Crippen LogP contribution is 2.55. The smallest absolute Gasteiger partial charge is 0.265 e. The first-order valence-corrected chi connectivity index (χ1v) is 10.2. The third kappa shape index (κ3) is 2.52. The highest BCUT2D eigenvalue weighted by molar-refractivity contribution is 6.24. The Labute approximate surface area is 184 Å². The highest BCUT2D eigenvalue weighted by atomic mass is 19.1. The van der Waals surface area contributed by atoms with Gasteiger partial charge in [0.1, 0.15) is 5.82 Å². The van der Waals surface area contributed by atoms with Crippen molar-refractivity contribution >= 4 is 29.0 Å². The number of benzene rings is 3. The highest BCUT2D eigenvalue weighted by Gasteiger charge is 2.61. The maximum Gasteiger partial charge on any atom is 0.265 e. The molecule has 0 saturated carbocycles. The minimum absolute atomic E-state index is 0.00835. The third-order valence-electron chi connectivity index (χ3n) is 6.14. The molecule has 0 N–H and O–H groups in total. The fraction of sp³-hybridized carbons (Fsp3) is 0.115. The molecule has 0 aromatic heterocycles. The molecule has 1 atom stereocenters. The van der Waals surface area contributed by atoms with Crippen molar-refractivity contribution in [3.8, 4) is 0 Å². The van der Waals surface area contributed by atoms with Crippen molar-refractivity contribution in [2.75, 3.05) is 4.90 Å². The molecule has 2 heterocycles. The van der Waals surface area contributed by atoms with Gasteiger partial charge in [-0.1, -0.05) is 61.2 Å². The molecule has 0 bridgehead atoms. The van der Waals surface area contributed by atoms with Crippen LogP contribution in [0.15, 0.2) is 79.4 Å². The summed E-state index contributed by atoms with van der Waals surface area (Å²) in [5.74, 6) is -2.17. The molecule has 3 amide bonds. The number of amides is 3. The number of fused-ring (bicyclic) bond motifs is 3. The van der Waals surface area contributed by atoms with Crippen LogP contribution in [-0.4, -0.2) is 22.6 Å². The summed E-state index contributed by atoms with van der Waals surface area (Å²) in [7, 11) is 0. The summed E-state index contributed by atoms with van der Waals surface area (Å²) < 4.78 is 14.3. The molecule has 0 fully saturated rings. The molecular weight excluding hydrogens is 407 g/mol. The molecule has 1 spiro atoms. The molecule has 5 rings (SSSR count). The van der Waals surface area contributed by atoms with Crippen molar-refractivity contribution in [2.24, 2.45) is 0 Å². The normalized spacial score (nSPS) is 19.4. The van der Waals surface area contributed by atoms with Gasteiger partial charge in [0, 0.05) is 23.6 Å². The third-order valence-corrected chi connectivity index (χ3v) is 6.14. The van der Waals surface area contributed by atoms with Crippen LogP contribution in [0.25, 0.3) is 5.57 Å². The Bertz CT molecular complexity index is 1320. The van der Waals surface area contributed by atoms with Crippen molar-refractivity contribution in [1.82, 2.24) is 4.90 Å². The van der Waals surface area contributed by atoms with Crippen LogP contribution < -0.4 is 4.90 Å². The Morgan fingerprint density at radius 2 is 1.66 bits per heavy atom. The van der Waals surface area contributed by atoms with Gasteiger partial charge in [-0.2, -0.15) is 0 Å². The molecule has 3 aromatic carbocycles. The maximum absolute atomic E-state index is 14.3. The number of halogens is 1. The number of anilines is 1. The van der Waals surface area contributed by atoms with Crippen LogP contribution in [0.3, 0.4) is 0 Å². The quantitative estimate of drug-likeness (QED) is 0.575. The predicted molar refractivity (Wildman–Crippen MR) is 118 cm³/mol. The van der Waals surface area contributed by atoms with Gasteiger partial charge in [0.2, 0.25) is 5.91 Å². The molecule has 32 heavy (non-hydrogen) atoms. The maximum atomic E-state index is 14.3. The molecule has 0 radical (unpaired) electrons. The molecule has 2 aliphatic rings. The lowest BCUT2D eigenvalue weighted by molar-refractivity contribution is -0.135. The van der Waals surface area contributed by atoms with Crippen LogP contribution in [0.4, 0.5) is 10.1 Å². The molecule has 0 aliphatic carbocycles. The number of carbonyl (C=O) groups excluding carboxylic acids is 3. The van der Waals surface area contributed by atoms with Crippen molar-refractivity contribution in [3.05, 3.63) is 107 Å². The minimum atomic E-state index is -1.67. The zero-order chi connectivity index (χ0) is 22.6. The summed E-state index contributed by atoms with van der Waals surface area (Å²) in [5.41, 5.74) is 0.922. The Balaban J connectivity index is 1.80. The Morgan fingerprint density at radius 3 is 2.38 bits per heavy atom. The Kier molecular flexibility index (Phi) is 4.34. The van der Waals surface area contributed by atoms with Gasteiger partial charge in [0.25, 0.3) is 11.8 Å². The average Bonchev–Trinajstić information content (AvgIpc) is 3.06. The summed E-state index contributed by atoms with van der Waals surface area (Å²) in [5, 5.41) is 0. The number of hydrogen-bond donors (Lipinski definition) is 0. The monoisotopic (exact) mass is 426 g/mol. The van der Waals surface area contributed by atoms with E-state index in [1.54, 1.807) is 36.4 Å².